The summed E-state index contributed by atoms with van der Waals surface area (Å²) in [6, 6.07) is 0. The zero-order chi connectivity index (χ0) is 16.2. The van der Waals surface area contributed by atoms with E-state index in [1.807, 2.05) is 11.8 Å². The molecule has 1 aliphatic rings. The highest BCUT2D eigenvalue weighted by atomic mass is 32.2. The van der Waals surface area contributed by atoms with Crippen molar-refractivity contribution in [1.82, 2.24) is 0 Å². The van der Waals surface area contributed by atoms with Gasteiger partial charge in [-0.25, -0.2) is 0 Å². The van der Waals surface area contributed by atoms with E-state index < -0.39 is 0 Å². The Kier molecular flexibility index (Phi) is 10.6. The molecule has 2 nitrogen and oxygen atoms in total. The second-order valence-electron chi connectivity index (χ2n) is 6.17. The van der Waals surface area contributed by atoms with Crippen LogP contribution in [0.15, 0.2) is 34.9 Å². The summed E-state index contributed by atoms with van der Waals surface area (Å²) in [7, 11) is 0. The first-order valence-electron chi connectivity index (χ1n) is 8.33. The molecule has 1 fully saturated rings. The van der Waals surface area contributed by atoms with Crippen LogP contribution < -0.4 is 0 Å². The van der Waals surface area contributed by atoms with Crippen LogP contribution in [0.5, 0.6) is 0 Å². The summed E-state index contributed by atoms with van der Waals surface area (Å²) in [6.07, 6.45) is 11.7. The third kappa shape index (κ3) is 10.3. The fourth-order valence-electron chi connectivity index (χ4n) is 2.21. The van der Waals surface area contributed by atoms with Gasteiger partial charge in [-0.1, -0.05) is 34.9 Å². The molecule has 0 amide bonds. The van der Waals surface area contributed by atoms with Crippen LogP contribution in [0.3, 0.4) is 0 Å². The van der Waals surface area contributed by atoms with E-state index in [4.69, 9.17) is 9.47 Å². The molecule has 0 unspecified atom stereocenters. The molecule has 22 heavy (non-hydrogen) atoms. The van der Waals surface area contributed by atoms with E-state index in [0.29, 0.717) is 0 Å². The van der Waals surface area contributed by atoms with E-state index in [0.717, 1.165) is 37.6 Å². The summed E-state index contributed by atoms with van der Waals surface area (Å²) in [5, 5.41) is 0. The first-order chi connectivity index (χ1) is 10.6. The zero-order valence-electron chi connectivity index (χ0n) is 14.7. The van der Waals surface area contributed by atoms with Gasteiger partial charge in [0.25, 0.3) is 0 Å². The van der Waals surface area contributed by atoms with Gasteiger partial charge in [0.1, 0.15) is 0 Å². The average molecular weight is 325 g/mol. The van der Waals surface area contributed by atoms with E-state index in [9.17, 15) is 0 Å². The molecule has 0 spiro atoms. The molecule has 0 N–H and O–H groups in total. The van der Waals surface area contributed by atoms with Gasteiger partial charge in [0.2, 0.25) is 0 Å². The van der Waals surface area contributed by atoms with Gasteiger partial charge in [-0.3, -0.25) is 0 Å². The predicted molar refractivity (Wildman–Crippen MR) is 98.4 cm³/mol. The molecule has 0 aromatic rings. The van der Waals surface area contributed by atoms with Gasteiger partial charge in [0.05, 0.1) is 13.2 Å². The molecule has 0 atom stereocenters. The maximum atomic E-state index is 5.42. The summed E-state index contributed by atoms with van der Waals surface area (Å²) in [4.78, 5) is 0. The molecular weight excluding hydrogens is 292 g/mol. The van der Waals surface area contributed by atoms with E-state index in [1.165, 1.54) is 29.6 Å². The Bertz CT molecular complexity index is 386. The van der Waals surface area contributed by atoms with Crippen molar-refractivity contribution in [3.05, 3.63) is 34.9 Å². The highest BCUT2D eigenvalue weighted by Crippen LogP contribution is 2.14. The molecule has 0 aromatic carbocycles. The second kappa shape index (κ2) is 12.0. The second-order valence-corrected chi connectivity index (χ2v) is 7.24. The van der Waals surface area contributed by atoms with Gasteiger partial charge in [-0.05, 0) is 53.4 Å². The smallest absolute Gasteiger partial charge is 0.166 e. The number of hydrogen-bond acceptors (Lipinski definition) is 3. The van der Waals surface area contributed by atoms with Crippen LogP contribution in [0.4, 0.5) is 0 Å². The summed E-state index contributed by atoms with van der Waals surface area (Å²) < 4.78 is 10.8. The van der Waals surface area contributed by atoms with Crippen molar-refractivity contribution in [2.24, 2.45) is 0 Å². The summed E-state index contributed by atoms with van der Waals surface area (Å²) >= 11 is 1.88. The van der Waals surface area contributed by atoms with Crippen molar-refractivity contribution < 1.29 is 9.47 Å². The predicted octanol–water partition coefficient (Wildman–Crippen LogP) is 5.51. The monoisotopic (exact) mass is 324 g/mol. The van der Waals surface area contributed by atoms with Crippen LogP contribution >= 0.6 is 11.8 Å². The molecular formula is C19H32O2S. The van der Waals surface area contributed by atoms with Gasteiger partial charge < -0.3 is 9.47 Å². The minimum atomic E-state index is 0.0186. The Morgan fingerprint density at radius 1 is 0.909 bits per heavy atom. The average Bonchev–Trinajstić information content (AvgIpc) is 2.96. The third-order valence-corrected chi connectivity index (χ3v) is 4.53. The molecule has 1 saturated heterocycles. The van der Waals surface area contributed by atoms with Gasteiger partial charge in [0.15, 0.2) is 6.29 Å². The first kappa shape index (κ1) is 19.5. The molecule has 0 aliphatic carbocycles. The van der Waals surface area contributed by atoms with Crippen molar-refractivity contribution in [2.45, 2.75) is 59.7 Å². The Morgan fingerprint density at radius 2 is 1.50 bits per heavy atom. The Morgan fingerprint density at radius 3 is 2.14 bits per heavy atom. The zero-order valence-corrected chi connectivity index (χ0v) is 15.5. The quantitative estimate of drug-likeness (QED) is 0.390. The lowest BCUT2D eigenvalue weighted by atomic mass is 10.1. The van der Waals surface area contributed by atoms with Crippen molar-refractivity contribution >= 4 is 11.8 Å². The summed E-state index contributed by atoms with van der Waals surface area (Å²) in [5.74, 6) is 1.99. The lowest BCUT2D eigenvalue weighted by Gasteiger charge is -2.07. The van der Waals surface area contributed by atoms with Gasteiger partial charge in [-0.15, -0.1) is 0 Å². The van der Waals surface area contributed by atoms with E-state index in [1.54, 1.807) is 0 Å². The third-order valence-electron chi connectivity index (χ3n) is 3.62. The topological polar surface area (TPSA) is 18.5 Å². The molecule has 0 radical (unpaired) electrons. The number of thioether (sulfide) groups is 1. The Balaban J connectivity index is 2.08. The largest absolute Gasteiger partial charge is 0.349 e. The molecule has 0 bridgehead atoms. The van der Waals surface area contributed by atoms with Crippen LogP contribution in [0, 0.1) is 0 Å². The Hall–Kier alpha value is -0.510. The van der Waals surface area contributed by atoms with Crippen molar-refractivity contribution in [1.29, 1.82) is 0 Å². The van der Waals surface area contributed by atoms with Crippen LogP contribution in [0.2, 0.25) is 0 Å². The normalized spacial score (nSPS) is 17.1. The molecule has 0 saturated carbocycles. The highest BCUT2D eigenvalue weighted by molar-refractivity contribution is 7.99. The van der Waals surface area contributed by atoms with Crippen LogP contribution in [-0.4, -0.2) is 31.0 Å². The van der Waals surface area contributed by atoms with Crippen LogP contribution in [0.1, 0.15) is 53.4 Å². The van der Waals surface area contributed by atoms with Crippen LogP contribution in [-0.2, 0) is 9.47 Å². The van der Waals surface area contributed by atoms with E-state index in [2.05, 4.69) is 45.9 Å². The lowest BCUT2D eigenvalue weighted by molar-refractivity contribution is -0.0214. The summed E-state index contributed by atoms with van der Waals surface area (Å²) in [5.41, 5.74) is 4.40. The minimum absolute atomic E-state index is 0.0186. The molecule has 126 valence electrons. The van der Waals surface area contributed by atoms with Crippen LogP contribution in [0.25, 0.3) is 0 Å². The van der Waals surface area contributed by atoms with Crippen molar-refractivity contribution in [3.63, 3.8) is 0 Å². The molecule has 1 heterocycles. The maximum absolute atomic E-state index is 5.42. The number of rotatable bonds is 10. The van der Waals surface area contributed by atoms with Gasteiger partial charge in [-0.2, -0.15) is 11.8 Å². The van der Waals surface area contributed by atoms with E-state index >= 15 is 0 Å². The SMILES string of the molecule is CC(C)=CCC/C(C)=C/CC/C(C)=C/CSCC1OCCO1. The van der Waals surface area contributed by atoms with Gasteiger partial charge in [0, 0.05) is 11.5 Å². The Labute approximate surface area is 141 Å². The molecule has 1 rings (SSSR count). The van der Waals surface area contributed by atoms with Gasteiger partial charge >= 0.3 is 0 Å². The fourth-order valence-corrected chi connectivity index (χ4v) is 3.13. The molecule has 0 aromatic heterocycles. The van der Waals surface area contributed by atoms with E-state index in [-0.39, 0.29) is 6.29 Å². The fraction of sp³-hybridized carbons (Fsp3) is 0.684. The molecule has 1 aliphatic heterocycles. The highest BCUT2D eigenvalue weighted by Gasteiger charge is 2.14. The standard InChI is InChI=1S/C19H32O2S/c1-16(2)7-5-8-17(3)9-6-10-18(4)11-14-22-15-19-20-12-13-21-19/h7,9,11,19H,5-6,8,10,12-15H2,1-4H3/b17-9+,18-11+. The van der Waals surface area contributed by atoms with Crippen molar-refractivity contribution in [2.75, 3.05) is 24.7 Å². The number of ether oxygens (including phenoxy) is 2. The molecule has 3 heteroatoms. The summed E-state index contributed by atoms with van der Waals surface area (Å²) in [6.45, 7) is 10.3. The maximum Gasteiger partial charge on any atom is 0.166 e. The first-order valence-corrected chi connectivity index (χ1v) is 9.49. The lowest BCUT2D eigenvalue weighted by Crippen LogP contribution is -2.10. The van der Waals surface area contributed by atoms with Crippen molar-refractivity contribution in [3.8, 4) is 0 Å². The minimum Gasteiger partial charge on any atom is -0.349 e. The number of allylic oxidation sites excluding steroid dienone is 5. The number of hydrogen-bond donors (Lipinski definition) is 0.